The summed E-state index contributed by atoms with van der Waals surface area (Å²) in [6.07, 6.45) is 12.3. The summed E-state index contributed by atoms with van der Waals surface area (Å²) in [6, 6.07) is 9.19. The Morgan fingerprint density at radius 3 is 2.85 bits per heavy atom. The van der Waals surface area contributed by atoms with Crippen LogP contribution in [0.3, 0.4) is 0 Å². The number of hydrogen-bond acceptors (Lipinski definition) is 4. The van der Waals surface area contributed by atoms with Crippen molar-refractivity contribution in [3.05, 3.63) is 48.4 Å². The third-order valence-electron chi connectivity index (χ3n) is 5.52. The van der Waals surface area contributed by atoms with E-state index in [1.54, 1.807) is 6.20 Å². The number of fused-ring (bicyclic) bond motifs is 1. The zero-order valence-corrected chi connectivity index (χ0v) is 15.7. The van der Waals surface area contributed by atoms with Crippen LogP contribution in [0.4, 0.5) is 11.5 Å². The van der Waals surface area contributed by atoms with Crippen LogP contribution in [-0.2, 0) is 6.54 Å². The first-order chi connectivity index (χ1) is 12.7. The number of pyridine rings is 2. The topological polar surface area (TPSA) is 45.5 Å². The number of hydrogen-bond donors (Lipinski definition) is 1. The Morgan fingerprint density at radius 2 is 2.08 bits per heavy atom. The quantitative estimate of drug-likeness (QED) is 0.720. The predicted molar refractivity (Wildman–Crippen MR) is 110 cm³/mol. The highest BCUT2D eigenvalue weighted by Crippen LogP contribution is 2.28. The lowest BCUT2D eigenvalue weighted by Gasteiger charge is -2.33. The first-order valence-electron chi connectivity index (χ1n) is 9.56. The van der Waals surface area contributed by atoms with Crippen molar-refractivity contribution in [2.24, 2.45) is 0 Å². The van der Waals surface area contributed by atoms with Crippen LogP contribution < -0.4 is 15.7 Å². The Kier molecular flexibility index (Phi) is 4.82. The molecule has 3 aromatic rings. The Morgan fingerprint density at radius 1 is 1.23 bits per heavy atom. The third-order valence-corrected chi connectivity index (χ3v) is 5.52. The second-order valence-corrected chi connectivity index (χ2v) is 7.34. The minimum Gasteiger partial charge on any atom is -0.371 e. The van der Waals surface area contributed by atoms with Crippen molar-refractivity contribution in [3.63, 3.8) is 0 Å². The molecule has 0 amide bonds. The molecule has 0 radical (unpaired) electrons. The Hall–Kier alpha value is -2.50. The average Bonchev–Trinajstić information content (AvgIpc) is 3.08. The van der Waals surface area contributed by atoms with Gasteiger partial charge in [-0.1, -0.05) is 25.3 Å². The van der Waals surface area contributed by atoms with E-state index in [4.69, 9.17) is 0 Å². The van der Waals surface area contributed by atoms with Crippen LogP contribution in [0.2, 0.25) is 0 Å². The molecular formula is C20H26BN5. The Bertz CT molecular complexity index is 871. The lowest BCUT2D eigenvalue weighted by atomic mass is 9.94. The van der Waals surface area contributed by atoms with Gasteiger partial charge in [-0.3, -0.25) is 4.98 Å². The van der Waals surface area contributed by atoms with Gasteiger partial charge in [0.1, 0.15) is 13.7 Å². The SMILES string of the molecule is Bc1cnn2c(NCc3cccnc3)cc(N(C)C3CCCCC3)cc12. The molecule has 5 nitrogen and oxygen atoms in total. The van der Waals surface area contributed by atoms with Gasteiger partial charge >= 0.3 is 0 Å². The molecule has 0 unspecified atom stereocenters. The van der Waals surface area contributed by atoms with Crippen molar-refractivity contribution in [2.45, 2.75) is 44.7 Å². The molecule has 3 aromatic heterocycles. The van der Waals surface area contributed by atoms with Gasteiger partial charge in [-0.2, -0.15) is 5.10 Å². The standard InChI is InChI=1S/C20H26BN5/c1-25(16-7-3-2-4-8-16)17-10-19-18(21)14-24-26(19)20(11-17)23-13-15-6-5-9-22-12-15/h5-6,9-12,14,16,23H,2-4,7-8,13,21H2,1H3. The number of anilines is 2. The second kappa shape index (κ2) is 7.40. The highest BCUT2D eigenvalue weighted by Gasteiger charge is 2.20. The molecule has 0 spiro atoms. The molecule has 0 aliphatic heterocycles. The highest BCUT2D eigenvalue weighted by molar-refractivity contribution is 6.36. The van der Waals surface area contributed by atoms with Crippen LogP contribution in [0.15, 0.2) is 42.9 Å². The largest absolute Gasteiger partial charge is 0.371 e. The summed E-state index contributed by atoms with van der Waals surface area (Å²) >= 11 is 0. The maximum Gasteiger partial charge on any atom is 0.144 e. The summed E-state index contributed by atoms with van der Waals surface area (Å²) in [5.41, 5.74) is 4.80. The zero-order chi connectivity index (χ0) is 17.9. The third kappa shape index (κ3) is 3.41. The molecule has 134 valence electrons. The molecule has 3 heterocycles. The molecule has 1 N–H and O–H groups in total. The minimum atomic E-state index is 0.639. The van der Waals surface area contributed by atoms with Crippen LogP contribution >= 0.6 is 0 Å². The molecule has 0 aromatic carbocycles. The zero-order valence-electron chi connectivity index (χ0n) is 15.7. The molecule has 4 rings (SSSR count). The highest BCUT2D eigenvalue weighted by atomic mass is 15.3. The van der Waals surface area contributed by atoms with Crippen LogP contribution in [0.25, 0.3) is 5.52 Å². The van der Waals surface area contributed by atoms with Crippen molar-refractivity contribution >= 4 is 30.3 Å². The summed E-state index contributed by atoms with van der Waals surface area (Å²) in [4.78, 5) is 6.66. The van der Waals surface area contributed by atoms with Gasteiger partial charge in [0.05, 0.1) is 5.52 Å². The van der Waals surface area contributed by atoms with Gasteiger partial charge in [-0.05, 0) is 36.0 Å². The lowest BCUT2D eigenvalue weighted by molar-refractivity contribution is 0.427. The van der Waals surface area contributed by atoms with Crippen LogP contribution in [0.5, 0.6) is 0 Å². The van der Waals surface area contributed by atoms with Gasteiger partial charge in [0.2, 0.25) is 0 Å². The fourth-order valence-corrected chi connectivity index (χ4v) is 3.89. The van der Waals surface area contributed by atoms with Crippen molar-refractivity contribution in [2.75, 3.05) is 17.3 Å². The summed E-state index contributed by atoms with van der Waals surface area (Å²) in [6.45, 7) is 0.735. The van der Waals surface area contributed by atoms with E-state index in [0.29, 0.717) is 6.04 Å². The molecule has 1 fully saturated rings. The van der Waals surface area contributed by atoms with Gasteiger partial charge in [-0.15, -0.1) is 0 Å². The normalized spacial score (nSPS) is 15.3. The summed E-state index contributed by atoms with van der Waals surface area (Å²) in [5, 5.41) is 8.11. The first kappa shape index (κ1) is 16.9. The molecule has 0 atom stereocenters. The average molecular weight is 347 g/mol. The number of nitrogens with one attached hydrogen (secondary N) is 1. The fraction of sp³-hybridized carbons (Fsp3) is 0.400. The minimum absolute atomic E-state index is 0.639. The monoisotopic (exact) mass is 347 g/mol. The van der Waals surface area contributed by atoms with Gasteiger partial charge < -0.3 is 10.2 Å². The maximum absolute atomic E-state index is 4.56. The van der Waals surface area contributed by atoms with Crippen molar-refractivity contribution < 1.29 is 0 Å². The van der Waals surface area contributed by atoms with Gasteiger partial charge in [0.15, 0.2) is 0 Å². The Balaban J connectivity index is 1.64. The second-order valence-electron chi connectivity index (χ2n) is 7.34. The van der Waals surface area contributed by atoms with E-state index < -0.39 is 0 Å². The lowest BCUT2D eigenvalue weighted by Crippen LogP contribution is -2.33. The molecule has 0 bridgehead atoms. The Labute approximate surface area is 155 Å². The number of rotatable bonds is 5. The van der Waals surface area contributed by atoms with E-state index in [9.17, 15) is 0 Å². The van der Waals surface area contributed by atoms with Crippen molar-refractivity contribution in [3.8, 4) is 0 Å². The van der Waals surface area contributed by atoms with E-state index in [1.807, 2.05) is 23.0 Å². The van der Waals surface area contributed by atoms with Gasteiger partial charge in [0, 0.05) is 50.0 Å². The molecular weight excluding hydrogens is 321 g/mol. The van der Waals surface area contributed by atoms with E-state index in [2.05, 4.69) is 53.4 Å². The van der Waals surface area contributed by atoms with Crippen LogP contribution in [-0.4, -0.2) is 35.5 Å². The summed E-state index contributed by atoms with van der Waals surface area (Å²) in [7, 11) is 4.36. The first-order valence-corrected chi connectivity index (χ1v) is 9.56. The van der Waals surface area contributed by atoms with E-state index in [-0.39, 0.29) is 0 Å². The van der Waals surface area contributed by atoms with E-state index >= 15 is 0 Å². The van der Waals surface area contributed by atoms with Crippen LogP contribution in [0, 0.1) is 0 Å². The molecule has 1 aliphatic carbocycles. The number of aromatic nitrogens is 3. The summed E-state index contributed by atoms with van der Waals surface area (Å²) < 4.78 is 2.00. The van der Waals surface area contributed by atoms with Gasteiger partial charge in [0.25, 0.3) is 0 Å². The molecule has 26 heavy (non-hydrogen) atoms. The molecule has 6 heteroatoms. The molecule has 0 saturated heterocycles. The van der Waals surface area contributed by atoms with Crippen LogP contribution in [0.1, 0.15) is 37.7 Å². The van der Waals surface area contributed by atoms with Crippen molar-refractivity contribution in [1.29, 1.82) is 0 Å². The predicted octanol–water partition coefficient (Wildman–Crippen LogP) is 2.37. The molecule has 1 aliphatic rings. The summed E-state index contributed by atoms with van der Waals surface area (Å²) in [5.74, 6) is 1.03. The maximum atomic E-state index is 4.56. The van der Waals surface area contributed by atoms with E-state index in [1.165, 1.54) is 48.8 Å². The van der Waals surface area contributed by atoms with Gasteiger partial charge in [-0.25, -0.2) is 4.52 Å². The fourth-order valence-electron chi connectivity index (χ4n) is 3.89. The van der Waals surface area contributed by atoms with Crippen molar-refractivity contribution in [1.82, 2.24) is 14.6 Å². The molecule has 1 saturated carbocycles. The smallest absolute Gasteiger partial charge is 0.144 e. The van der Waals surface area contributed by atoms with E-state index in [0.717, 1.165) is 17.9 Å². The number of nitrogens with zero attached hydrogens (tertiary/aromatic N) is 4.